The monoisotopic (exact) mass is 411 g/mol. The van der Waals surface area contributed by atoms with Crippen molar-refractivity contribution in [2.75, 3.05) is 6.54 Å². The highest BCUT2D eigenvalue weighted by Gasteiger charge is 2.32. The molecule has 3 heteroatoms. The fourth-order valence-corrected chi connectivity index (χ4v) is 4.41. The van der Waals surface area contributed by atoms with E-state index < -0.39 is 0 Å². The molecule has 3 aromatic carbocycles. The van der Waals surface area contributed by atoms with Crippen molar-refractivity contribution in [1.82, 2.24) is 0 Å². The normalized spacial score (nSPS) is 19.7. The van der Waals surface area contributed by atoms with Crippen LogP contribution in [0.5, 0.6) is 0 Å². The van der Waals surface area contributed by atoms with Crippen molar-refractivity contribution in [3.63, 3.8) is 0 Å². The summed E-state index contributed by atoms with van der Waals surface area (Å²) in [6.07, 6.45) is 3.46. The van der Waals surface area contributed by atoms with Gasteiger partial charge in [0, 0.05) is 25.1 Å². The molecule has 0 bridgehead atoms. The standard InChI is InChI=1S/C28H29NO2/c1-2-3-16-29-25-17-23(20-10-5-4-6-11-20)19-27(31)28(25)26(30)18-22-14-9-13-21-12-7-8-15-24(21)22/h4-15,23,30H,2-3,16-19H2,1H3/b28-26-,29-25?. The summed E-state index contributed by atoms with van der Waals surface area (Å²) in [5.41, 5.74) is 3.38. The van der Waals surface area contributed by atoms with Crippen LogP contribution >= 0.6 is 0 Å². The number of benzene rings is 3. The Labute approximate surface area is 184 Å². The number of aliphatic hydroxyl groups is 1. The van der Waals surface area contributed by atoms with Crippen molar-refractivity contribution in [3.05, 3.63) is 95.3 Å². The molecule has 3 aromatic rings. The van der Waals surface area contributed by atoms with Gasteiger partial charge in [0.1, 0.15) is 5.76 Å². The Bertz CT molecular complexity index is 1120. The van der Waals surface area contributed by atoms with Crippen LogP contribution in [0.25, 0.3) is 10.8 Å². The Morgan fingerprint density at radius 2 is 1.71 bits per heavy atom. The quantitative estimate of drug-likeness (QED) is 0.283. The first kappa shape index (κ1) is 21.0. The summed E-state index contributed by atoms with van der Waals surface area (Å²) in [7, 11) is 0. The fourth-order valence-electron chi connectivity index (χ4n) is 4.41. The van der Waals surface area contributed by atoms with Crippen molar-refractivity contribution in [3.8, 4) is 0 Å². The predicted molar refractivity (Wildman–Crippen MR) is 128 cm³/mol. The van der Waals surface area contributed by atoms with Crippen LogP contribution in [-0.2, 0) is 11.2 Å². The first-order valence-corrected chi connectivity index (χ1v) is 11.2. The van der Waals surface area contributed by atoms with Gasteiger partial charge in [0.15, 0.2) is 5.78 Å². The maximum Gasteiger partial charge on any atom is 0.168 e. The second kappa shape index (κ2) is 9.74. The van der Waals surface area contributed by atoms with Crippen molar-refractivity contribution in [2.24, 2.45) is 4.99 Å². The SMILES string of the molecule is CCCCN=C1CC(c2ccccc2)CC(=O)/C1=C(\O)Cc1cccc2ccccc12. The molecule has 3 nitrogen and oxygen atoms in total. The summed E-state index contributed by atoms with van der Waals surface area (Å²) in [4.78, 5) is 18.0. The molecule has 31 heavy (non-hydrogen) atoms. The molecule has 0 aliphatic heterocycles. The van der Waals surface area contributed by atoms with E-state index in [4.69, 9.17) is 4.99 Å². The number of carbonyl (C=O) groups is 1. The number of fused-ring (bicyclic) bond motifs is 1. The lowest BCUT2D eigenvalue weighted by Gasteiger charge is -2.26. The molecule has 0 amide bonds. The second-order valence-electron chi connectivity index (χ2n) is 8.26. The number of rotatable bonds is 6. The molecule has 1 N–H and O–H groups in total. The average Bonchev–Trinajstić information content (AvgIpc) is 2.80. The van der Waals surface area contributed by atoms with E-state index in [1.54, 1.807) is 0 Å². The maximum atomic E-state index is 13.2. The molecule has 1 unspecified atom stereocenters. The van der Waals surface area contributed by atoms with Gasteiger partial charge in [-0.1, -0.05) is 86.1 Å². The summed E-state index contributed by atoms with van der Waals surface area (Å²) in [5, 5.41) is 13.4. The van der Waals surface area contributed by atoms with Crippen molar-refractivity contribution in [1.29, 1.82) is 0 Å². The molecule has 1 fully saturated rings. The zero-order valence-electron chi connectivity index (χ0n) is 18.1. The second-order valence-corrected chi connectivity index (χ2v) is 8.26. The van der Waals surface area contributed by atoms with Crippen LogP contribution in [0.4, 0.5) is 0 Å². The third-order valence-electron chi connectivity index (χ3n) is 6.05. The highest BCUT2D eigenvalue weighted by atomic mass is 16.3. The number of unbranched alkanes of at least 4 members (excludes halogenated alkanes) is 1. The Morgan fingerprint density at radius 1 is 0.968 bits per heavy atom. The van der Waals surface area contributed by atoms with E-state index in [0.717, 1.165) is 40.5 Å². The number of carbonyl (C=O) groups excluding carboxylic acids is 1. The molecule has 1 atom stereocenters. The van der Waals surface area contributed by atoms with Crippen LogP contribution < -0.4 is 0 Å². The molecule has 1 aliphatic carbocycles. The average molecular weight is 412 g/mol. The van der Waals surface area contributed by atoms with Gasteiger partial charge in [-0.2, -0.15) is 0 Å². The third-order valence-corrected chi connectivity index (χ3v) is 6.05. The summed E-state index contributed by atoms with van der Waals surface area (Å²) >= 11 is 0. The van der Waals surface area contributed by atoms with Crippen LogP contribution in [0.2, 0.25) is 0 Å². The number of hydrogen-bond acceptors (Lipinski definition) is 3. The largest absolute Gasteiger partial charge is 0.511 e. The Balaban J connectivity index is 1.69. The fraction of sp³-hybridized carbons (Fsp3) is 0.286. The van der Waals surface area contributed by atoms with E-state index in [1.807, 2.05) is 42.5 Å². The number of Topliss-reactive ketones (excluding diaryl/α,β-unsaturated/α-hetero) is 1. The summed E-state index contributed by atoms with van der Waals surface area (Å²) in [6, 6.07) is 24.4. The maximum absolute atomic E-state index is 13.2. The van der Waals surface area contributed by atoms with Gasteiger partial charge in [-0.05, 0) is 40.7 Å². The van der Waals surface area contributed by atoms with Gasteiger partial charge in [0.05, 0.1) is 5.57 Å². The van der Waals surface area contributed by atoms with Crippen molar-refractivity contribution in [2.45, 2.75) is 44.9 Å². The minimum absolute atomic E-state index is 0.00640. The molecule has 0 heterocycles. The first-order valence-electron chi connectivity index (χ1n) is 11.2. The van der Waals surface area contributed by atoms with Gasteiger partial charge in [0.2, 0.25) is 0 Å². The summed E-state index contributed by atoms with van der Waals surface area (Å²) in [6.45, 7) is 2.82. The lowest BCUT2D eigenvalue weighted by atomic mass is 9.78. The van der Waals surface area contributed by atoms with Crippen LogP contribution in [0, 0.1) is 0 Å². The van der Waals surface area contributed by atoms with E-state index >= 15 is 0 Å². The van der Waals surface area contributed by atoms with Crippen LogP contribution in [-0.4, -0.2) is 23.1 Å². The minimum atomic E-state index is -0.00640. The van der Waals surface area contributed by atoms with E-state index in [0.29, 0.717) is 31.4 Å². The number of allylic oxidation sites excluding steroid dienone is 2. The molecule has 158 valence electrons. The highest BCUT2D eigenvalue weighted by Crippen LogP contribution is 2.34. The van der Waals surface area contributed by atoms with Crippen molar-refractivity contribution >= 4 is 22.3 Å². The molecule has 0 aromatic heterocycles. The Morgan fingerprint density at radius 3 is 2.52 bits per heavy atom. The highest BCUT2D eigenvalue weighted by molar-refractivity contribution is 6.24. The van der Waals surface area contributed by atoms with Gasteiger partial charge in [0.25, 0.3) is 0 Å². The van der Waals surface area contributed by atoms with Gasteiger partial charge >= 0.3 is 0 Å². The van der Waals surface area contributed by atoms with Crippen LogP contribution in [0.3, 0.4) is 0 Å². The summed E-state index contributed by atoms with van der Waals surface area (Å²) in [5.74, 6) is 0.249. The van der Waals surface area contributed by atoms with E-state index in [1.165, 1.54) is 0 Å². The molecule has 0 spiro atoms. The van der Waals surface area contributed by atoms with Crippen LogP contribution in [0.1, 0.15) is 49.7 Å². The molecule has 0 radical (unpaired) electrons. The van der Waals surface area contributed by atoms with Crippen LogP contribution in [0.15, 0.2) is 89.1 Å². The number of aliphatic imine (C=N–C) groups is 1. The topological polar surface area (TPSA) is 49.7 Å². The smallest absolute Gasteiger partial charge is 0.168 e. The molecule has 4 rings (SSSR count). The zero-order chi connectivity index (χ0) is 21.6. The zero-order valence-corrected chi connectivity index (χ0v) is 18.1. The molecular weight excluding hydrogens is 382 g/mol. The molecule has 1 saturated carbocycles. The number of nitrogens with zero attached hydrogens (tertiary/aromatic N) is 1. The lowest BCUT2D eigenvalue weighted by Crippen LogP contribution is -2.27. The molecular formula is C28H29NO2. The third kappa shape index (κ3) is 4.77. The Kier molecular flexibility index (Phi) is 6.61. The molecule has 0 saturated heterocycles. The number of ketones is 1. The van der Waals surface area contributed by atoms with Crippen molar-refractivity contribution < 1.29 is 9.90 Å². The Hall–Kier alpha value is -3.20. The number of aliphatic hydroxyl groups excluding tert-OH is 1. The predicted octanol–water partition coefficient (Wildman–Crippen LogP) is 6.58. The summed E-state index contributed by atoms with van der Waals surface area (Å²) < 4.78 is 0. The number of hydrogen-bond donors (Lipinski definition) is 1. The molecule has 1 aliphatic rings. The van der Waals surface area contributed by atoms with Gasteiger partial charge in [-0.15, -0.1) is 0 Å². The van der Waals surface area contributed by atoms with E-state index in [-0.39, 0.29) is 17.5 Å². The lowest BCUT2D eigenvalue weighted by molar-refractivity contribution is -0.115. The van der Waals surface area contributed by atoms with Gasteiger partial charge in [-0.3, -0.25) is 9.79 Å². The van der Waals surface area contributed by atoms with Gasteiger partial charge in [-0.25, -0.2) is 0 Å². The first-order chi connectivity index (χ1) is 15.2. The van der Waals surface area contributed by atoms with E-state index in [9.17, 15) is 9.90 Å². The van der Waals surface area contributed by atoms with Gasteiger partial charge < -0.3 is 5.11 Å². The minimum Gasteiger partial charge on any atom is -0.511 e. The van der Waals surface area contributed by atoms with E-state index in [2.05, 4.69) is 37.3 Å².